The van der Waals surface area contributed by atoms with Crippen LogP contribution in [0.1, 0.15) is 59.3 Å². The normalized spacial score (nSPS) is 37.5. The van der Waals surface area contributed by atoms with Gasteiger partial charge in [0.05, 0.1) is 0 Å². The van der Waals surface area contributed by atoms with Crippen LogP contribution in [0.15, 0.2) is 0 Å². The van der Waals surface area contributed by atoms with E-state index in [9.17, 15) is 4.79 Å². The number of rotatable bonds is 0. The Hall–Kier alpha value is -0.330. The minimum Gasteiger partial charge on any atom is -0.299 e. The van der Waals surface area contributed by atoms with Gasteiger partial charge in [-0.05, 0) is 30.1 Å². The first-order chi connectivity index (χ1) is 7.00. The predicted octanol–water partition coefficient (Wildman–Crippen LogP) is 3.82. The summed E-state index contributed by atoms with van der Waals surface area (Å²) in [5, 5.41) is 0. The zero-order valence-electron chi connectivity index (χ0n) is 10.4. The molecule has 0 amide bonds. The van der Waals surface area contributed by atoms with Gasteiger partial charge in [0, 0.05) is 12.3 Å². The van der Waals surface area contributed by atoms with Crippen LogP contribution in [0.2, 0.25) is 0 Å². The molecule has 0 radical (unpaired) electrons. The highest BCUT2D eigenvalue weighted by Crippen LogP contribution is 2.48. The summed E-state index contributed by atoms with van der Waals surface area (Å²) in [6, 6.07) is 0. The van der Waals surface area contributed by atoms with E-state index in [0.717, 1.165) is 12.3 Å². The summed E-state index contributed by atoms with van der Waals surface area (Å²) in [6.07, 6.45) is 7.45. The molecular weight excluding hydrogens is 184 g/mol. The molecule has 0 heterocycles. The fraction of sp³-hybridized carbons (Fsp3) is 0.929. The Labute approximate surface area is 93.6 Å². The lowest BCUT2D eigenvalue weighted by molar-refractivity contribution is -0.134. The molecule has 2 aliphatic carbocycles. The number of hydrogen-bond donors (Lipinski definition) is 0. The molecule has 0 aromatic rings. The first-order valence-electron chi connectivity index (χ1n) is 6.53. The minimum atomic E-state index is 0.178. The average molecular weight is 208 g/mol. The molecule has 3 atom stereocenters. The Morgan fingerprint density at radius 2 is 1.73 bits per heavy atom. The van der Waals surface area contributed by atoms with Crippen LogP contribution in [0.4, 0.5) is 0 Å². The largest absolute Gasteiger partial charge is 0.299 e. The summed E-state index contributed by atoms with van der Waals surface area (Å²) in [6.45, 7) is 6.73. The summed E-state index contributed by atoms with van der Waals surface area (Å²) < 4.78 is 0. The van der Waals surface area contributed by atoms with Crippen molar-refractivity contribution >= 4 is 5.78 Å². The summed E-state index contributed by atoms with van der Waals surface area (Å²) in [4.78, 5) is 12.1. The van der Waals surface area contributed by atoms with Gasteiger partial charge in [-0.15, -0.1) is 0 Å². The molecule has 0 aliphatic heterocycles. The SMILES string of the molecule is CC(C)(C)C1C(=O)CCC2CCCCC21. The molecule has 2 rings (SSSR count). The van der Waals surface area contributed by atoms with E-state index in [2.05, 4.69) is 20.8 Å². The molecular formula is C14H24O. The number of carbonyl (C=O) groups is 1. The first kappa shape index (κ1) is 11.2. The van der Waals surface area contributed by atoms with Crippen molar-refractivity contribution in [3.8, 4) is 0 Å². The van der Waals surface area contributed by atoms with Crippen LogP contribution in [0, 0.1) is 23.2 Å². The predicted molar refractivity (Wildman–Crippen MR) is 62.6 cm³/mol. The van der Waals surface area contributed by atoms with Gasteiger partial charge in [0.1, 0.15) is 5.78 Å². The minimum absolute atomic E-state index is 0.178. The topological polar surface area (TPSA) is 17.1 Å². The molecule has 0 aromatic heterocycles. The first-order valence-corrected chi connectivity index (χ1v) is 6.53. The molecule has 0 aromatic carbocycles. The van der Waals surface area contributed by atoms with Gasteiger partial charge in [-0.2, -0.15) is 0 Å². The molecule has 0 spiro atoms. The van der Waals surface area contributed by atoms with E-state index in [0.29, 0.717) is 17.6 Å². The van der Waals surface area contributed by atoms with Crippen LogP contribution in [0.3, 0.4) is 0 Å². The standard InChI is InChI=1S/C14H24O/c1-14(2,3)13-11-7-5-4-6-10(11)8-9-12(13)15/h10-11,13H,4-9H2,1-3H3. The van der Waals surface area contributed by atoms with Crippen LogP contribution < -0.4 is 0 Å². The lowest BCUT2D eigenvalue weighted by atomic mass is 9.58. The summed E-state index contributed by atoms with van der Waals surface area (Å²) >= 11 is 0. The molecule has 0 bridgehead atoms. The molecule has 15 heavy (non-hydrogen) atoms. The Balaban J connectivity index is 2.20. The summed E-state index contributed by atoms with van der Waals surface area (Å²) in [5.74, 6) is 2.46. The molecule has 3 unspecified atom stereocenters. The second-order valence-electron chi connectivity index (χ2n) is 6.56. The van der Waals surface area contributed by atoms with Crippen molar-refractivity contribution in [3.63, 3.8) is 0 Å². The third-order valence-corrected chi connectivity index (χ3v) is 4.44. The molecule has 1 heteroatoms. The van der Waals surface area contributed by atoms with Gasteiger partial charge in [0.15, 0.2) is 0 Å². The van der Waals surface area contributed by atoms with E-state index >= 15 is 0 Å². The Morgan fingerprint density at radius 3 is 2.40 bits per heavy atom. The van der Waals surface area contributed by atoms with Gasteiger partial charge in [-0.25, -0.2) is 0 Å². The lowest BCUT2D eigenvalue weighted by Gasteiger charge is -2.46. The van der Waals surface area contributed by atoms with Crippen LogP contribution in [-0.4, -0.2) is 5.78 Å². The van der Waals surface area contributed by atoms with Crippen molar-refractivity contribution in [1.82, 2.24) is 0 Å². The van der Waals surface area contributed by atoms with E-state index in [1.54, 1.807) is 0 Å². The molecule has 0 N–H and O–H groups in total. The van der Waals surface area contributed by atoms with Gasteiger partial charge in [0.25, 0.3) is 0 Å². The number of fused-ring (bicyclic) bond motifs is 1. The van der Waals surface area contributed by atoms with Crippen LogP contribution in [-0.2, 0) is 4.79 Å². The second kappa shape index (κ2) is 3.92. The maximum Gasteiger partial charge on any atom is 0.136 e. The summed E-state index contributed by atoms with van der Waals surface area (Å²) in [7, 11) is 0. The maximum atomic E-state index is 12.1. The van der Waals surface area contributed by atoms with Crippen molar-refractivity contribution in [3.05, 3.63) is 0 Å². The van der Waals surface area contributed by atoms with E-state index in [1.165, 1.54) is 32.1 Å². The van der Waals surface area contributed by atoms with Crippen molar-refractivity contribution in [1.29, 1.82) is 0 Å². The van der Waals surface area contributed by atoms with Crippen LogP contribution >= 0.6 is 0 Å². The zero-order valence-corrected chi connectivity index (χ0v) is 10.4. The number of ketones is 1. The molecule has 86 valence electrons. The third kappa shape index (κ3) is 2.11. The van der Waals surface area contributed by atoms with Gasteiger partial charge >= 0.3 is 0 Å². The highest BCUT2D eigenvalue weighted by molar-refractivity contribution is 5.82. The van der Waals surface area contributed by atoms with E-state index in [4.69, 9.17) is 0 Å². The third-order valence-electron chi connectivity index (χ3n) is 4.44. The lowest BCUT2D eigenvalue weighted by Crippen LogP contribution is -2.43. The fourth-order valence-corrected chi connectivity index (χ4v) is 3.88. The fourth-order valence-electron chi connectivity index (χ4n) is 3.88. The quantitative estimate of drug-likeness (QED) is 0.591. The van der Waals surface area contributed by atoms with Crippen molar-refractivity contribution in [2.24, 2.45) is 23.2 Å². The smallest absolute Gasteiger partial charge is 0.136 e. The van der Waals surface area contributed by atoms with E-state index < -0.39 is 0 Å². The van der Waals surface area contributed by atoms with Crippen molar-refractivity contribution in [2.45, 2.75) is 59.3 Å². The van der Waals surface area contributed by atoms with E-state index in [-0.39, 0.29) is 5.41 Å². The van der Waals surface area contributed by atoms with Crippen molar-refractivity contribution in [2.75, 3.05) is 0 Å². The van der Waals surface area contributed by atoms with Crippen LogP contribution in [0.5, 0.6) is 0 Å². The van der Waals surface area contributed by atoms with E-state index in [1.807, 2.05) is 0 Å². The van der Waals surface area contributed by atoms with Gasteiger partial charge < -0.3 is 0 Å². The maximum absolute atomic E-state index is 12.1. The number of Topliss-reactive ketones (excluding diaryl/α,β-unsaturated/α-hetero) is 1. The Morgan fingerprint density at radius 1 is 1.07 bits per heavy atom. The number of carbonyl (C=O) groups excluding carboxylic acids is 1. The average Bonchev–Trinajstić information content (AvgIpc) is 2.15. The molecule has 2 aliphatic rings. The molecule has 0 saturated heterocycles. The second-order valence-corrected chi connectivity index (χ2v) is 6.56. The van der Waals surface area contributed by atoms with Crippen LogP contribution in [0.25, 0.3) is 0 Å². The number of hydrogen-bond acceptors (Lipinski definition) is 1. The Bertz CT molecular complexity index is 249. The molecule has 1 nitrogen and oxygen atoms in total. The van der Waals surface area contributed by atoms with Gasteiger partial charge in [0.2, 0.25) is 0 Å². The molecule has 2 fully saturated rings. The van der Waals surface area contributed by atoms with Gasteiger partial charge in [-0.3, -0.25) is 4.79 Å². The highest BCUT2D eigenvalue weighted by Gasteiger charge is 2.44. The monoisotopic (exact) mass is 208 g/mol. The highest BCUT2D eigenvalue weighted by atomic mass is 16.1. The Kier molecular flexibility index (Phi) is 2.92. The van der Waals surface area contributed by atoms with Gasteiger partial charge in [-0.1, -0.05) is 40.0 Å². The van der Waals surface area contributed by atoms with Crippen molar-refractivity contribution < 1.29 is 4.79 Å². The zero-order chi connectivity index (χ0) is 11.1. The summed E-state index contributed by atoms with van der Waals surface area (Å²) in [5.41, 5.74) is 0.178. The molecule has 2 saturated carbocycles.